The molecule has 0 heterocycles. The second kappa shape index (κ2) is 10.6. The summed E-state index contributed by atoms with van der Waals surface area (Å²) in [4.78, 5) is 4.87. The molecule has 0 aliphatic rings. The van der Waals surface area contributed by atoms with E-state index in [-0.39, 0.29) is 5.54 Å². The molecule has 20 heavy (non-hydrogen) atoms. The van der Waals surface area contributed by atoms with Crippen LogP contribution in [0.2, 0.25) is 0 Å². The molecule has 2 atom stereocenters. The van der Waals surface area contributed by atoms with Crippen LogP contribution in [0.3, 0.4) is 0 Å². The van der Waals surface area contributed by atoms with Gasteiger partial charge in [-0.3, -0.25) is 4.90 Å². The van der Waals surface area contributed by atoms with E-state index in [4.69, 9.17) is 5.73 Å². The molecule has 0 radical (unpaired) electrons. The molecular weight excluding hydrogens is 246 g/mol. The minimum Gasteiger partial charge on any atom is -0.329 e. The lowest BCUT2D eigenvalue weighted by molar-refractivity contribution is 0.0528. The number of hydrogen-bond donors (Lipinski definition) is 1. The highest BCUT2D eigenvalue weighted by molar-refractivity contribution is 4.90. The standard InChI is InChI=1S/C17H39N3/c1-7-9-10-11-12-13-17(4,15-18)20(8-2)16(3)14-19(5)6/h16H,7-15,18H2,1-6H3. The second-order valence-electron chi connectivity index (χ2n) is 6.76. The van der Waals surface area contributed by atoms with Gasteiger partial charge in [0.1, 0.15) is 0 Å². The van der Waals surface area contributed by atoms with E-state index < -0.39 is 0 Å². The maximum atomic E-state index is 6.14. The summed E-state index contributed by atoms with van der Waals surface area (Å²) < 4.78 is 0. The third kappa shape index (κ3) is 7.05. The van der Waals surface area contributed by atoms with E-state index in [9.17, 15) is 0 Å². The van der Waals surface area contributed by atoms with E-state index in [1.165, 1.54) is 38.5 Å². The first-order chi connectivity index (χ1) is 9.41. The van der Waals surface area contributed by atoms with Gasteiger partial charge in [0.15, 0.2) is 0 Å². The number of unbranched alkanes of at least 4 members (excludes halogenated alkanes) is 4. The van der Waals surface area contributed by atoms with Gasteiger partial charge < -0.3 is 10.6 Å². The zero-order valence-electron chi connectivity index (χ0n) is 14.9. The molecule has 0 aliphatic carbocycles. The zero-order valence-corrected chi connectivity index (χ0v) is 14.9. The Hall–Kier alpha value is -0.120. The quantitative estimate of drug-likeness (QED) is 0.558. The topological polar surface area (TPSA) is 32.5 Å². The summed E-state index contributed by atoms with van der Waals surface area (Å²) >= 11 is 0. The molecule has 0 aromatic heterocycles. The summed E-state index contributed by atoms with van der Waals surface area (Å²) in [5.41, 5.74) is 6.29. The smallest absolute Gasteiger partial charge is 0.0306 e. The normalized spacial score (nSPS) is 16.6. The Balaban J connectivity index is 4.46. The van der Waals surface area contributed by atoms with Gasteiger partial charge in [0.05, 0.1) is 0 Å². The van der Waals surface area contributed by atoms with E-state index in [0.717, 1.165) is 19.6 Å². The molecule has 0 aromatic rings. The lowest BCUT2D eigenvalue weighted by atomic mass is 9.90. The minimum atomic E-state index is 0.149. The van der Waals surface area contributed by atoms with E-state index in [0.29, 0.717) is 6.04 Å². The first kappa shape index (κ1) is 19.9. The molecule has 3 heteroatoms. The van der Waals surface area contributed by atoms with Crippen molar-refractivity contribution in [2.75, 3.05) is 33.7 Å². The fourth-order valence-corrected chi connectivity index (χ4v) is 3.32. The molecule has 0 bridgehead atoms. The van der Waals surface area contributed by atoms with Gasteiger partial charge in [0.2, 0.25) is 0 Å². The molecule has 122 valence electrons. The van der Waals surface area contributed by atoms with Crippen LogP contribution in [0.15, 0.2) is 0 Å². The van der Waals surface area contributed by atoms with Crippen LogP contribution >= 0.6 is 0 Å². The van der Waals surface area contributed by atoms with Crippen molar-refractivity contribution in [2.45, 2.75) is 77.8 Å². The van der Waals surface area contributed by atoms with Crippen LogP contribution in [0.5, 0.6) is 0 Å². The molecule has 0 amide bonds. The molecule has 0 spiro atoms. The number of rotatable bonds is 12. The van der Waals surface area contributed by atoms with Gasteiger partial charge in [-0.25, -0.2) is 0 Å². The third-order valence-corrected chi connectivity index (χ3v) is 4.45. The maximum Gasteiger partial charge on any atom is 0.0306 e. The largest absolute Gasteiger partial charge is 0.329 e. The van der Waals surface area contributed by atoms with Crippen LogP contribution in [0.4, 0.5) is 0 Å². The van der Waals surface area contributed by atoms with E-state index in [1.54, 1.807) is 0 Å². The van der Waals surface area contributed by atoms with E-state index >= 15 is 0 Å². The average molecular weight is 286 g/mol. The summed E-state index contributed by atoms with van der Waals surface area (Å²) in [6.45, 7) is 12.1. The van der Waals surface area contributed by atoms with Gasteiger partial charge in [-0.15, -0.1) is 0 Å². The van der Waals surface area contributed by atoms with Gasteiger partial charge >= 0.3 is 0 Å². The molecular formula is C17H39N3. The highest BCUT2D eigenvalue weighted by Crippen LogP contribution is 2.24. The monoisotopic (exact) mass is 285 g/mol. The molecule has 0 rings (SSSR count). The molecule has 0 aromatic carbocycles. The van der Waals surface area contributed by atoms with Crippen molar-refractivity contribution in [1.29, 1.82) is 0 Å². The number of nitrogens with two attached hydrogens (primary N) is 1. The van der Waals surface area contributed by atoms with Crippen molar-refractivity contribution < 1.29 is 0 Å². The lowest BCUT2D eigenvalue weighted by Gasteiger charge is -2.45. The van der Waals surface area contributed by atoms with Crippen molar-refractivity contribution >= 4 is 0 Å². The first-order valence-electron chi connectivity index (χ1n) is 8.52. The van der Waals surface area contributed by atoms with Crippen LogP contribution < -0.4 is 5.73 Å². The minimum absolute atomic E-state index is 0.149. The van der Waals surface area contributed by atoms with Crippen LogP contribution in [0, 0.1) is 0 Å². The summed E-state index contributed by atoms with van der Waals surface area (Å²) in [5, 5.41) is 0. The van der Waals surface area contributed by atoms with Crippen LogP contribution in [0.1, 0.15) is 66.2 Å². The summed E-state index contributed by atoms with van der Waals surface area (Å²) in [6.07, 6.45) is 7.93. The number of likely N-dealkylation sites (N-methyl/N-ethyl adjacent to an activating group) is 2. The Bertz CT molecular complexity index is 230. The summed E-state index contributed by atoms with van der Waals surface area (Å²) in [5.74, 6) is 0. The third-order valence-electron chi connectivity index (χ3n) is 4.45. The predicted octanol–water partition coefficient (Wildman–Crippen LogP) is 3.34. The fourth-order valence-electron chi connectivity index (χ4n) is 3.32. The van der Waals surface area contributed by atoms with Crippen molar-refractivity contribution in [3.05, 3.63) is 0 Å². The lowest BCUT2D eigenvalue weighted by Crippen LogP contribution is -2.57. The Morgan fingerprint density at radius 2 is 1.65 bits per heavy atom. The van der Waals surface area contributed by atoms with E-state index in [1.807, 2.05) is 0 Å². The van der Waals surface area contributed by atoms with Crippen molar-refractivity contribution in [2.24, 2.45) is 5.73 Å². The Labute approximate surface area is 127 Å². The van der Waals surface area contributed by atoms with Crippen LogP contribution in [-0.4, -0.2) is 55.1 Å². The Morgan fingerprint density at radius 3 is 2.10 bits per heavy atom. The average Bonchev–Trinajstić information content (AvgIpc) is 2.38. The first-order valence-corrected chi connectivity index (χ1v) is 8.52. The Morgan fingerprint density at radius 1 is 1.05 bits per heavy atom. The molecule has 0 aliphatic heterocycles. The fraction of sp³-hybridized carbons (Fsp3) is 1.00. The SMILES string of the molecule is CCCCCCCC(C)(CN)N(CC)C(C)CN(C)C. The van der Waals surface area contributed by atoms with Crippen molar-refractivity contribution in [1.82, 2.24) is 9.80 Å². The number of nitrogens with zero attached hydrogens (tertiary/aromatic N) is 2. The Kier molecular flexibility index (Phi) is 10.5. The summed E-state index contributed by atoms with van der Waals surface area (Å²) in [7, 11) is 4.30. The molecule has 2 N–H and O–H groups in total. The molecule has 0 saturated carbocycles. The maximum absolute atomic E-state index is 6.14. The van der Waals surface area contributed by atoms with E-state index in [2.05, 4.69) is 51.6 Å². The molecule has 0 fully saturated rings. The molecule has 3 nitrogen and oxygen atoms in total. The van der Waals surface area contributed by atoms with Gasteiger partial charge in [0, 0.05) is 24.7 Å². The predicted molar refractivity (Wildman–Crippen MR) is 91.2 cm³/mol. The van der Waals surface area contributed by atoms with Gasteiger partial charge in [-0.1, -0.05) is 46.0 Å². The number of hydrogen-bond acceptors (Lipinski definition) is 3. The summed E-state index contributed by atoms with van der Waals surface area (Å²) in [6, 6.07) is 0.555. The van der Waals surface area contributed by atoms with Gasteiger partial charge in [0.25, 0.3) is 0 Å². The van der Waals surface area contributed by atoms with Crippen molar-refractivity contribution in [3.8, 4) is 0 Å². The molecule has 0 saturated heterocycles. The second-order valence-corrected chi connectivity index (χ2v) is 6.76. The van der Waals surface area contributed by atoms with Gasteiger partial charge in [-0.2, -0.15) is 0 Å². The zero-order chi connectivity index (χ0) is 15.6. The van der Waals surface area contributed by atoms with Crippen molar-refractivity contribution in [3.63, 3.8) is 0 Å². The van der Waals surface area contributed by atoms with Crippen LogP contribution in [-0.2, 0) is 0 Å². The van der Waals surface area contributed by atoms with Gasteiger partial charge in [-0.05, 0) is 40.9 Å². The highest BCUT2D eigenvalue weighted by atomic mass is 15.3. The molecule has 2 unspecified atom stereocenters. The van der Waals surface area contributed by atoms with Crippen LogP contribution in [0.25, 0.3) is 0 Å². The highest BCUT2D eigenvalue weighted by Gasteiger charge is 2.32.